The minimum absolute atomic E-state index is 0.314. The van der Waals surface area contributed by atoms with Crippen molar-refractivity contribution >= 4 is 78.9 Å². The molecule has 0 atom stereocenters. The summed E-state index contributed by atoms with van der Waals surface area (Å²) in [7, 11) is 0. The Bertz CT molecular complexity index is 1140. The molecule has 4 rings (SSSR count). The van der Waals surface area contributed by atoms with Crippen molar-refractivity contribution in [3.63, 3.8) is 0 Å². The van der Waals surface area contributed by atoms with Crippen LogP contribution in [0, 0.1) is 3.57 Å². The summed E-state index contributed by atoms with van der Waals surface area (Å²) in [6.45, 7) is 0. The molecule has 3 nitrogen and oxygen atoms in total. The van der Waals surface area contributed by atoms with Crippen molar-refractivity contribution in [3.8, 4) is 10.6 Å². The Kier molecular flexibility index (Phi) is 5.36. The highest BCUT2D eigenvalue weighted by Gasteiger charge is 2.16. The molecule has 0 saturated carbocycles. The minimum atomic E-state index is -0.314. The number of benzene rings is 3. The molecule has 0 unspecified atom stereocenters. The van der Waals surface area contributed by atoms with E-state index >= 15 is 0 Å². The summed E-state index contributed by atoms with van der Waals surface area (Å²) in [6, 6.07) is 18.6. The lowest BCUT2D eigenvalue weighted by Crippen LogP contribution is -2.13. The molecule has 4 aromatic rings. The van der Waals surface area contributed by atoms with Crippen molar-refractivity contribution in [2.24, 2.45) is 0 Å². The quantitative estimate of drug-likeness (QED) is 0.290. The van der Waals surface area contributed by atoms with Gasteiger partial charge >= 0.3 is 0 Å². The Labute approximate surface area is 183 Å². The highest BCUT2D eigenvalue weighted by molar-refractivity contribution is 14.1. The van der Waals surface area contributed by atoms with E-state index in [0.29, 0.717) is 21.3 Å². The maximum atomic E-state index is 12.8. The number of hydrogen-bond acceptors (Lipinski definition) is 3. The second-order valence-corrected chi connectivity index (χ2v) is 8.87. The van der Waals surface area contributed by atoms with Crippen LogP contribution in [0.1, 0.15) is 10.4 Å². The summed E-state index contributed by atoms with van der Waals surface area (Å²) in [5.41, 5.74) is 2.81. The lowest BCUT2D eigenvalue weighted by atomic mass is 10.1. The Hall–Kier alpha value is -1.67. The maximum Gasteiger partial charge on any atom is 0.257 e. The number of para-hydroxylation sites is 1. The smallest absolute Gasteiger partial charge is 0.257 e. The number of carbonyl (C=O) groups is 1. The SMILES string of the molecule is O=C(Nc1ccc(I)cc1-c1nc2ccccc2s1)c1cc(Cl)ccc1Cl. The molecule has 0 spiro atoms. The number of thiazole rings is 1. The number of amides is 1. The van der Waals surface area contributed by atoms with Gasteiger partial charge in [-0.25, -0.2) is 4.98 Å². The van der Waals surface area contributed by atoms with Crippen LogP contribution in [0.15, 0.2) is 60.7 Å². The number of hydrogen-bond donors (Lipinski definition) is 1. The van der Waals surface area contributed by atoms with Gasteiger partial charge in [-0.3, -0.25) is 4.79 Å². The highest BCUT2D eigenvalue weighted by atomic mass is 127. The third-order valence-electron chi connectivity index (χ3n) is 3.93. The van der Waals surface area contributed by atoms with E-state index in [2.05, 4.69) is 27.9 Å². The maximum absolute atomic E-state index is 12.8. The fraction of sp³-hybridized carbons (Fsp3) is 0. The number of rotatable bonds is 3. The molecule has 1 N–H and O–H groups in total. The summed E-state index contributed by atoms with van der Waals surface area (Å²) in [5.74, 6) is -0.314. The Morgan fingerprint density at radius 3 is 2.67 bits per heavy atom. The van der Waals surface area contributed by atoms with Gasteiger partial charge in [-0.15, -0.1) is 11.3 Å². The van der Waals surface area contributed by atoms with Crippen molar-refractivity contribution in [2.75, 3.05) is 5.32 Å². The van der Waals surface area contributed by atoms with Gasteiger partial charge in [0.25, 0.3) is 5.91 Å². The number of aromatic nitrogens is 1. The van der Waals surface area contributed by atoms with E-state index < -0.39 is 0 Å². The van der Waals surface area contributed by atoms with Crippen LogP contribution in [0.25, 0.3) is 20.8 Å². The molecule has 0 saturated heterocycles. The third kappa shape index (κ3) is 3.96. The van der Waals surface area contributed by atoms with Crippen molar-refractivity contribution in [2.45, 2.75) is 0 Å². The molecule has 0 bridgehead atoms. The van der Waals surface area contributed by atoms with Crippen LogP contribution in [0.4, 0.5) is 5.69 Å². The molecule has 0 aliphatic heterocycles. The highest BCUT2D eigenvalue weighted by Crippen LogP contribution is 2.36. The Morgan fingerprint density at radius 2 is 1.85 bits per heavy atom. The average molecular weight is 525 g/mol. The van der Waals surface area contributed by atoms with Crippen molar-refractivity contribution < 1.29 is 4.79 Å². The van der Waals surface area contributed by atoms with E-state index in [1.807, 2.05) is 42.5 Å². The summed E-state index contributed by atoms with van der Waals surface area (Å²) < 4.78 is 2.15. The van der Waals surface area contributed by atoms with Gasteiger partial charge in [-0.2, -0.15) is 0 Å². The summed E-state index contributed by atoms with van der Waals surface area (Å²) in [4.78, 5) is 17.5. The molecule has 0 aliphatic rings. The first-order valence-corrected chi connectivity index (χ1v) is 10.6. The van der Waals surface area contributed by atoms with Crippen LogP contribution in [0.3, 0.4) is 0 Å². The Morgan fingerprint density at radius 1 is 1.04 bits per heavy atom. The number of carbonyl (C=O) groups excluding carboxylic acids is 1. The molecule has 1 aromatic heterocycles. The van der Waals surface area contributed by atoms with E-state index in [0.717, 1.165) is 24.4 Å². The average Bonchev–Trinajstić information content (AvgIpc) is 3.09. The zero-order valence-corrected chi connectivity index (χ0v) is 18.2. The number of halogens is 3. The lowest BCUT2D eigenvalue weighted by Gasteiger charge is -2.11. The fourth-order valence-electron chi connectivity index (χ4n) is 2.65. The van der Waals surface area contributed by atoms with Crippen LogP contribution in [0.2, 0.25) is 10.0 Å². The predicted molar refractivity (Wildman–Crippen MR) is 122 cm³/mol. The van der Waals surface area contributed by atoms with E-state index in [4.69, 9.17) is 28.2 Å². The van der Waals surface area contributed by atoms with Crippen LogP contribution < -0.4 is 5.32 Å². The van der Waals surface area contributed by atoms with Gasteiger partial charge in [-0.1, -0.05) is 35.3 Å². The fourth-order valence-corrected chi connectivity index (χ4v) is 4.51. The molecule has 0 fully saturated rings. The zero-order chi connectivity index (χ0) is 19.0. The zero-order valence-electron chi connectivity index (χ0n) is 13.7. The molecule has 3 aromatic carbocycles. The molecule has 134 valence electrons. The van der Waals surface area contributed by atoms with Gasteiger partial charge in [0.1, 0.15) is 5.01 Å². The van der Waals surface area contributed by atoms with Crippen molar-refractivity contribution in [1.82, 2.24) is 4.98 Å². The van der Waals surface area contributed by atoms with E-state index in [9.17, 15) is 4.79 Å². The summed E-state index contributed by atoms with van der Waals surface area (Å²) in [6.07, 6.45) is 0. The van der Waals surface area contributed by atoms with Crippen LogP contribution in [0.5, 0.6) is 0 Å². The van der Waals surface area contributed by atoms with E-state index in [-0.39, 0.29) is 5.91 Å². The summed E-state index contributed by atoms with van der Waals surface area (Å²) >= 11 is 16.0. The normalized spacial score (nSPS) is 10.9. The number of anilines is 1. The van der Waals surface area contributed by atoms with Gasteiger partial charge in [0, 0.05) is 14.2 Å². The minimum Gasteiger partial charge on any atom is -0.321 e. The standard InChI is InChI=1S/C20H11Cl2IN2OS/c21-11-5-7-15(22)13(9-11)19(26)24-16-8-6-12(23)10-14(16)20-25-17-3-1-2-4-18(17)27-20/h1-10H,(H,24,26). The number of nitrogens with one attached hydrogen (secondary N) is 1. The topological polar surface area (TPSA) is 42.0 Å². The molecule has 1 amide bonds. The van der Waals surface area contributed by atoms with E-state index in [1.54, 1.807) is 29.5 Å². The first-order valence-electron chi connectivity index (χ1n) is 7.93. The molecular formula is C20H11Cl2IN2OS. The van der Waals surface area contributed by atoms with Gasteiger partial charge in [0.15, 0.2) is 0 Å². The molecule has 0 radical (unpaired) electrons. The van der Waals surface area contributed by atoms with Crippen molar-refractivity contribution in [3.05, 3.63) is 79.8 Å². The summed E-state index contributed by atoms with van der Waals surface area (Å²) in [5, 5.41) is 4.60. The molecule has 7 heteroatoms. The van der Waals surface area contributed by atoms with Gasteiger partial charge in [-0.05, 0) is 71.1 Å². The molecule has 0 aliphatic carbocycles. The predicted octanol–water partition coefficient (Wildman–Crippen LogP) is 7.13. The second-order valence-electron chi connectivity index (χ2n) is 5.75. The lowest BCUT2D eigenvalue weighted by molar-refractivity contribution is 0.102. The van der Waals surface area contributed by atoms with Gasteiger partial charge < -0.3 is 5.32 Å². The molecule has 1 heterocycles. The van der Waals surface area contributed by atoms with Crippen LogP contribution in [-0.4, -0.2) is 10.9 Å². The first kappa shape index (κ1) is 18.7. The largest absolute Gasteiger partial charge is 0.321 e. The second kappa shape index (κ2) is 7.75. The number of fused-ring (bicyclic) bond motifs is 1. The molecule has 27 heavy (non-hydrogen) atoms. The monoisotopic (exact) mass is 524 g/mol. The van der Waals surface area contributed by atoms with Crippen LogP contribution >= 0.6 is 57.1 Å². The van der Waals surface area contributed by atoms with E-state index in [1.165, 1.54) is 0 Å². The van der Waals surface area contributed by atoms with Gasteiger partial charge in [0.05, 0.1) is 26.5 Å². The first-order chi connectivity index (χ1) is 13.0. The van der Waals surface area contributed by atoms with Crippen molar-refractivity contribution in [1.29, 1.82) is 0 Å². The third-order valence-corrected chi connectivity index (χ3v) is 6.23. The van der Waals surface area contributed by atoms with Crippen LogP contribution in [-0.2, 0) is 0 Å². The molecular weight excluding hydrogens is 514 g/mol. The van der Waals surface area contributed by atoms with Gasteiger partial charge in [0.2, 0.25) is 0 Å². The Balaban J connectivity index is 1.75. The number of nitrogens with zero attached hydrogens (tertiary/aromatic N) is 1.